The predicted octanol–water partition coefficient (Wildman–Crippen LogP) is 3.96. The van der Waals surface area contributed by atoms with Gasteiger partial charge in [-0.2, -0.15) is 0 Å². The molecule has 0 spiro atoms. The van der Waals surface area contributed by atoms with E-state index >= 15 is 0 Å². The van der Waals surface area contributed by atoms with E-state index in [0.717, 1.165) is 35.0 Å². The van der Waals surface area contributed by atoms with Gasteiger partial charge in [0.05, 0.1) is 6.42 Å². The molecule has 1 heterocycles. The van der Waals surface area contributed by atoms with E-state index in [-0.39, 0.29) is 11.9 Å². The van der Waals surface area contributed by atoms with Gasteiger partial charge in [-0.25, -0.2) is 0 Å². The van der Waals surface area contributed by atoms with E-state index in [0.29, 0.717) is 12.3 Å². The second-order valence-electron chi connectivity index (χ2n) is 6.39. The summed E-state index contributed by atoms with van der Waals surface area (Å²) in [5, 5.41) is 4.27. The van der Waals surface area contributed by atoms with Gasteiger partial charge in [0.1, 0.15) is 0 Å². The summed E-state index contributed by atoms with van der Waals surface area (Å²) in [6, 6.07) is 8.39. The van der Waals surface area contributed by atoms with Crippen LogP contribution in [-0.2, 0) is 11.2 Å². The maximum atomic E-state index is 12.2. The van der Waals surface area contributed by atoms with Crippen LogP contribution in [0.1, 0.15) is 44.9 Å². The van der Waals surface area contributed by atoms with Gasteiger partial charge in [0.2, 0.25) is 5.91 Å². The average molecular weight is 286 g/mol. The fourth-order valence-corrected chi connectivity index (χ4v) is 2.70. The van der Waals surface area contributed by atoms with E-state index in [1.54, 1.807) is 0 Å². The minimum Gasteiger partial charge on any atom is -0.358 e. The monoisotopic (exact) mass is 286 g/mol. The van der Waals surface area contributed by atoms with Crippen LogP contribution in [-0.4, -0.2) is 16.9 Å². The second-order valence-corrected chi connectivity index (χ2v) is 6.39. The molecule has 1 atom stereocenters. The van der Waals surface area contributed by atoms with Crippen molar-refractivity contribution in [2.24, 2.45) is 5.92 Å². The highest BCUT2D eigenvalue weighted by Crippen LogP contribution is 2.22. The standard InChI is InChI=1S/C18H26N2O/c1-12(2)9-10-13(3)19-18(21)11-16-14(4)20-17-8-6-5-7-15(16)17/h5-8,12-13,20H,9-11H2,1-4H3,(H,19,21). The maximum absolute atomic E-state index is 12.2. The number of fused-ring (bicyclic) bond motifs is 1. The number of aryl methyl sites for hydroxylation is 1. The molecule has 1 unspecified atom stereocenters. The molecular weight excluding hydrogens is 260 g/mol. The van der Waals surface area contributed by atoms with Crippen LogP contribution in [0.5, 0.6) is 0 Å². The van der Waals surface area contributed by atoms with Gasteiger partial charge in [0.15, 0.2) is 0 Å². The molecule has 2 N–H and O–H groups in total. The van der Waals surface area contributed by atoms with E-state index < -0.39 is 0 Å². The molecule has 0 aliphatic heterocycles. The first kappa shape index (κ1) is 15.6. The summed E-state index contributed by atoms with van der Waals surface area (Å²) in [6.07, 6.45) is 2.63. The minimum absolute atomic E-state index is 0.110. The Balaban J connectivity index is 2.00. The summed E-state index contributed by atoms with van der Waals surface area (Å²) in [4.78, 5) is 15.6. The Morgan fingerprint density at radius 3 is 2.62 bits per heavy atom. The van der Waals surface area contributed by atoms with E-state index in [4.69, 9.17) is 0 Å². The number of aromatic amines is 1. The van der Waals surface area contributed by atoms with Crippen molar-refractivity contribution < 1.29 is 4.79 Å². The third kappa shape index (κ3) is 4.10. The Morgan fingerprint density at radius 1 is 1.19 bits per heavy atom. The molecule has 0 radical (unpaired) electrons. The molecule has 3 heteroatoms. The van der Waals surface area contributed by atoms with Gasteiger partial charge >= 0.3 is 0 Å². The number of aromatic nitrogens is 1. The van der Waals surface area contributed by atoms with Gasteiger partial charge in [-0.15, -0.1) is 0 Å². The summed E-state index contributed by atoms with van der Waals surface area (Å²) in [5.74, 6) is 0.791. The number of rotatable bonds is 6. The van der Waals surface area contributed by atoms with Crippen LogP contribution in [0.15, 0.2) is 24.3 Å². The number of carbonyl (C=O) groups excluding carboxylic acids is 1. The van der Waals surface area contributed by atoms with Crippen molar-refractivity contribution >= 4 is 16.8 Å². The molecule has 0 saturated carbocycles. The van der Waals surface area contributed by atoms with Crippen LogP contribution >= 0.6 is 0 Å². The van der Waals surface area contributed by atoms with Gasteiger partial charge in [-0.1, -0.05) is 32.0 Å². The van der Waals surface area contributed by atoms with Gasteiger partial charge < -0.3 is 10.3 Å². The van der Waals surface area contributed by atoms with E-state index in [1.165, 1.54) is 0 Å². The molecule has 2 rings (SSSR count). The third-order valence-corrected chi connectivity index (χ3v) is 3.95. The van der Waals surface area contributed by atoms with Gasteiger partial charge in [-0.05, 0) is 44.2 Å². The number of amides is 1. The zero-order valence-corrected chi connectivity index (χ0v) is 13.5. The number of para-hydroxylation sites is 1. The van der Waals surface area contributed by atoms with Gasteiger partial charge in [0, 0.05) is 22.6 Å². The highest BCUT2D eigenvalue weighted by Gasteiger charge is 2.14. The molecule has 0 saturated heterocycles. The smallest absolute Gasteiger partial charge is 0.224 e. The van der Waals surface area contributed by atoms with Gasteiger partial charge in [0.25, 0.3) is 0 Å². The number of benzene rings is 1. The molecular formula is C18H26N2O. The molecule has 1 aromatic carbocycles. The minimum atomic E-state index is 0.110. The topological polar surface area (TPSA) is 44.9 Å². The van der Waals surface area contributed by atoms with Crippen LogP contribution in [0.25, 0.3) is 10.9 Å². The maximum Gasteiger partial charge on any atom is 0.224 e. The SMILES string of the molecule is Cc1[nH]c2ccccc2c1CC(=O)NC(C)CCC(C)C. The van der Waals surface area contributed by atoms with Crippen molar-refractivity contribution in [2.75, 3.05) is 0 Å². The zero-order valence-electron chi connectivity index (χ0n) is 13.5. The quantitative estimate of drug-likeness (QED) is 0.829. The summed E-state index contributed by atoms with van der Waals surface area (Å²) in [7, 11) is 0. The number of hydrogen-bond donors (Lipinski definition) is 2. The highest BCUT2D eigenvalue weighted by molar-refractivity contribution is 5.90. The Kier molecular flexibility index (Phi) is 5.05. The Bertz CT molecular complexity index is 613. The first-order valence-electron chi connectivity index (χ1n) is 7.83. The fourth-order valence-electron chi connectivity index (χ4n) is 2.70. The zero-order chi connectivity index (χ0) is 15.4. The molecule has 21 heavy (non-hydrogen) atoms. The van der Waals surface area contributed by atoms with Crippen molar-refractivity contribution in [3.8, 4) is 0 Å². The Labute approximate surface area is 127 Å². The van der Waals surface area contributed by atoms with Crippen LogP contribution in [0.4, 0.5) is 0 Å². The normalized spacial score (nSPS) is 12.8. The van der Waals surface area contributed by atoms with Crippen molar-refractivity contribution in [2.45, 2.75) is 53.0 Å². The lowest BCUT2D eigenvalue weighted by atomic mass is 10.0. The van der Waals surface area contributed by atoms with Crippen LogP contribution < -0.4 is 5.32 Å². The fraction of sp³-hybridized carbons (Fsp3) is 0.500. The third-order valence-electron chi connectivity index (χ3n) is 3.95. The summed E-state index contributed by atoms with van der Waals surface area (Å²) < 4.78 is 0. The summed E-state index contributed by atoms with van der Waals surface area (Å²) in [6.45, 7) is 8.54. The predicted molar refractivity (Wildman–Crippen MR) is 88.4 cm³/mol. The summed E-state index contributed by atoms with van der Waals surface area (Å²) in [5.41, 5.74) is 3.30. The van der Waals surface area contributed by atoms with Crippen molar-refractivity contribution in [3.05, 3.63) is 35.5 Å². The molecule has 0 fully saturated rings. The Morgan fingerprint density at radius 2 is 1.90 bits per heavy atom. The van der Waals surface area contributed by atoms with Crippen LogP contribution in [0, 0.1) is 12.8 Å². The lowest BCUT2D eigenvalue weighted by Gasteiger charge is -2.15. The number of hydrogen-bond acceptors (Lipinski definition) is 1. The molecule has 1 amide bonds. The molecule has 0 aliphatic carbocycles. The Hall–Kier alpha value is -1.77. The number of nitrogens with one attached hydrogen (secondary N) is 2. The van der Waals surface area contributed by atoms with E-state index in [9.17, 15) is 4.79 Å². The van der Waals surface area contributed by atoms with Crippen LogP contribution in [0.3, 0.4) is 0 Å². The average Bonchev–Trinajstić information content (AvgIpc) is 2.73. The van der Waals surface area contributed by atoms with Crippen molar-refractivity contribution in [1.29, 1.82) is 0 Å². The molecule has 1 aromatic heterocycles. The largest absolute Gasteiger partial charge is 0.358 e. The van der Waals surface area contributed by atoms with E-state index in [2.05, 4.69) is 43.2 Å². The first-order chi connectivity index (χ1) is 9.97. The number of H-pyrrole nitrogens is 1. The second kappa shape index (κ2) is 6.79. The lowest BCUT2D eigenvalue weighted by Crippen LogP contribution is -2.34. The summed E-state index contributed by atoms with van der Waals surface area (Å²) >= 11 is 0. The first-order valence-corrected chi connectivity index (χ1v) is 7.83. The molecule has 3 nitrogen and oxygen atoms in total. The van der Waals surface area contributed by atoms with E-state index in [1.807, 2.05) is 19.1 Å². The molecule has 0 aliphatic rings. The van der Waals surface area contributed by atoms with Gasteiger partial charge in [-0.3, -0.25) is 4.79 Å². The molecule has 2 aromatic rings. The highest BCUT2D eigenvalue weighted by atomic mass is 16.1. The number of carbonyl (C=O) groups is 1. The van der Waals surface area contributed by atoms with Crippen molar-refractivity contribution in [1.82, 2.24) is 10.3 Å². The molecule has 114 valence electrons. The van der Waals surface area contributed by atoms with Crippen LogP contribution in [0.2, 0.25) is 0 Å². The van der Waals surface area contributed by atoms with Crippen molar-refractivity contribution in [3.63, 3.8) is 0 Å². The molecule has 0 bridgehead atoms. The lowest BCUT2D eigenvalue weighted by molar-refractivity contribution is -0.121.